The number of nitriles is 1. The molecule has 1 unspecified atom stereocenters. The van der Waals surface area contributed by atoms with Crippen LogP contribution in [0.4, 0.5) is 0 Å². The molecule has 1 aromatic rings. The number of nitrogens with zero attached hydrogens (tertiary/aromatic N) is 1. The molecule has 0 aliphatic heterocycles. The molecule has 0 radical (unpaired) electrons. The van der Waals surface area contributed by atoms with Crippen LogP contribution in [0.5, 0.6) is 0 Å². The molecule has 0 spiro atoms. The first-order valence-electron chi connectivity index (χ1n) is 4.76. The smallest absolute Gasteiger partial charge is 0.241 e. The predicted octanol–water partition coefficient (Wildman–Crippen LogP) is 0.215. The normalized spacial score (nSPS) is 12.9. The van der Waals surface area contributed by atoms with Gasteiger partial charge in [-0.15, -0.1) is 0 Å². The van der Waals surface area contributed by atoms with Crippen LogP contribution in [0, 0.1) is 11.3 Å². The van der Waals surface area contributed by atoms with Crippen LogP contribution in [-0.2, 0) is 20.8 Å². The van der Waals surface area contributed by atoms with E-state index in [2.05, 4.69) is 4.72 Å². The summed E-state index contributed by atoms with van der Waals surface area (Å²) in [5.74, 6) is 0.244. The van der Waals surface area contributed by atoms with Crippen LogP contribution in [0.1, 0.15) is 5.56 Å². The minimum atomic E-state index is -3.71. The second kappa shape index (κ2) is 5.91. The topological polar surface area (TPSA) is 87.0 Å². The summed E-state index contributed by atoms with van der Waals surface area (Å²) < 4.78 is 36.8. The molecule has 17 heavy (non-hydrogen) atoms. The highest BCUT2D eigenvalue weighted by atomic mass is 32.2. The van der Waals surface area contributed by atoms with Crippen molar-refractivity contribution in [3.8, 4) is 6.07 Å². The number of nitrogens with one attached hydrogen (secondary N) is 1. The van der Waals surface area contributed by atoms with Crippen molar-refractivity contribution < 1.29 is 12.6 Å². The summed E-state index contributed by atoms with van der Waals surface area (Å²) in [5.41, 5.74) is 0.0950. The Balaban J connectivity index is 2.91. The summed E-state index contributed by atoms with van der Waals surface area (Å²) >= 11 is 0. The Bertz CT molecular complexity index is 561. The van der Waals surface area contributed by atoms with Gasteiger partial charge in [0.1, 0.15) is 6.07 Å². The molecule has 7 heteroatoms. The van der Waals surface area contributed by atoms with Gasteiger partial charge in [0.15, 0.2) is 0 Å². The van der Waals surface area contributed by atoms with E-state index in [4.69, 9.17) is 5.26 Å². The van der Waals surface area contributed by atoms with Crippen LogP contribution in [0.15, 0.2) is 29.2 Å². The Hall–Kier alpha value is -1.23. The Morgan fingerprint density at radius 3 is 2.65 bits per heavy atom. The second-order valence-corrected chi connectivity index (χ2v) is 6.57. The van der Waals surface area contributed by atoms with Gasteiger partial charge in [-0.05, 0) is 12.1 Å². The van der Waals surface area contributed by atoms with Gasteiger partial charge in [0.2, 0.25) is 10.0 Å². The Kier molecular flexibility index (Phi) is 4.81. The molecule has 0 saturated carbocycles. The maximum atomic E-state index is 11.8. The molecule has 1 rings (SSSR count). The monoisotopic (exact) mass is 272 g/mol. The quantitative estimate of drug-likeness (QED) is 0.830. The van der Waals surface area contributed by atoms with E-state index in [-0.39, 0.29) is 22.8 Å². The van der Waals surface area contributed by atoms with Crippen LogP contribution < -0.4 is 4.72 Å². The average Bonchev–Trinajstić information content (AvgIpc) is 2.28. The minimum Gasteiger partial charge on any atom is -0.260 e. The van der Waals surface area contributed by atoms with Crippen molar-refractivity contribution in [3.05, 3.63) is 29.8 Å². The molecule has 0 heterocycles. The van der Waals surface area contributed by atoms with Crippen LogP contribution >= 0.6 is 0 Å². The molecule has 92 valence electrons. The Labute approximate surface area is 103 Å². The zero-order valence-electron chi connectivity index (χ0n) is 9.21. The highest BCUT2D eigenvalue weighted by Crippen LogP contribution is 2.13. The summed E-state index contributed by atoms with van der Waals surface area (Å²) in [6.45, 7) is 0.0885. The largest absolute Gasteiger partial charge is 0.260 e. The molecule has 1 aromatic carbocycles. The molecule has 5 nitrogen and oxygen atoms in total. The van der Waals surface area contributed by atoms with Gasteiger partial charge in [-0.1, -0.05) is 12.1 Å². The first-order valence-corrected chi connectivity index (χ1v) is 7.97. The fraction of sp³-hybridized carbons (Fsp3) is 0.300. The molecule has 0 bridgehead atoms. The minimum absolute atomic E-state index is 0.0515. The molecule has 0 amide bonds. The summed E-state index contributed by atoms with van der Waals surface area (Å²) in [4.78, 5) is -0.0515. The molecular formula is C10H12N2O3S2. The van der Waals surface area contributed by atoms with Gasteiger partial charge < -0.3 is 0 Å². The summed E-state index contributed by atoms with van der Waals surface area (Å²) in [6.07, 6.45) is 1.50. The average molecular weight is 272 g/mol. The van der Waals surface area contributed by atoms with E-state index in [1.807, 2.05) is 6.07 Å². The molecule has 0 aliphatic carbocycles. The van der Waals surface area contributed by atoms with Crippen LogP contribution in [0.2, 0.25) is 0 Å². The third kappa shape index (κ3) is 3.93. The van der Waals surface area contributed by atoms with Crippen molar-refractivity contribution in [2.45, 2.75) is 4.90 Å². The number of rotatable bonds is 5. The van der Waals surface area contributed by atoms with Crippen LogP contribution in [0.25, 0.3) is 0 Å². The third-order valence-electron chi connectivity index (χ3n) is 1.98. The van der Waals surface area contributed by atoms with Gasteiger partial charge in [-0.2, -0.15) is 5.26 Å². The van der Waals surface area contributed by atoms with Gasteiger partial charge in [-0.25, -0.2) is 13.1 Å². The van der Waals surface area contributed by atoms with Crippen molar-refractivity contribution in [3.63, 3.8) is 0 Å². The predicted molar refractivity (Wildman–Crippen MR) is 65.3 cm³/mol. The lowest BCUT2D eigenvalue weighted by molar-refractivity contribution is 0.583. The Morgan fingerprint density at radius 1 is 1.41 bits per heavy atom. The lowest BCUT2D eigenvalue weighted by Crippen LogP contribution is -2.28. The van der Waals surface area contributed by atoms with Gasteiger partial charge >= 0.3 is 0 Å². The second-order valence-electron chi connectivity index (χ2n) is 3.28. The fourth-order valence-electron chi connectivity index (χ4n) is 1.19. The van der Waals surface area contributed by atoms with E-state index in [1.165, 1.54) is 18.4 Å². The SMILES string of the molecule is CS(=O)CCNS(=O)(=O)c1ccccc1C#N. The maximum absolute atomic E-state index is 11.8. The Morgan fingerprint density at radius 2 is 2.06 bits per heavy atom. The summed E-state index contributed by atoms with van der Waals surface area (Å²) in [6, 6.07) is 7.77. The maximum Gasteiger partial charge on any atom is 0.241 e. The molecule has 0 aromatic heterocycles. The van der Waals surface area contributed by atoms with E-state index < -0.39 is 20.8 Å². The van der Waals surface area contributed by atoms with Gasteiger partial charge in [0.05, 0.1) is 10.5 Å². The zero-order chi connectivity index (χ0) is 12.9. The van der Waals surface area contributed by atoms with Crippen molar-refractivity contribution in [1.82, 2.24) is 4.72 Å². The molecular weight excluding hydrogens is 260 g/mol. The first-order chi connectivity index (χ1) is 7.97. The van der Waals surface area contributed by atoms with Gasteiger partial charge in [0, 0.05) is 29.4 Å². The molecule has 1 atom stereocenters. The molecule has 0 aliphatic rings. The lowest BCUT2D eigenvalue weighted by Gasteiger charge is -2.06. The van der Waals surface area contributed by atoms with Gasteiger partial charge in [0.25, 0.3) is 0 Å². The van der Waals surface area contributed by atoms with Crippen molar-refractivity contribution >= 4 is 20.8 Å². The molecule has 1 N–H and O–H groups in total. The molecule has 0 fully saturated rings. The van der Waals surface area contributed by atoms with E-state index in [1.54, 1.807) is 12.1 Å². The van der Waals surface area contributed by atoms with E-state index in [9.17, 15) is 12.6 Å². The third-order valence-corrected chi connectivity index (χ3v) is 4.28. The van der Waals surface area contributed by atoms with E-state index in [0.717, 1.165) is 0 Å². The fourth-order valence-corrected chi connectivity index (χ4v) is 2.90. The van der Waals surface area contributed by atoms with Crippen molar-refractivity contribution in [2.24, 2.45) is 0 Å². The standard InChI is InChI=1S/C10H12N2O3S2/c1-16(13)7-6-12-17(14,15)10-5-3-2-4-9(10)8-11/h2-5,12H,6-7H2,1H3. The van der Waals surface area contributed by atoms with Gasteiger partial charge in [-0.3, -0.25) is 4.21 Å². The summed E-state index contributed by atoms with van der Waals surface area (Å²) in [7, 11) is -4.76. The highest BCUT2D eigenvalue weighted by Gasteiger charge is 2.17. The number of benzene rings is 1. The number of sulfonamides is 1. The highest BCUT2D eigenvalue weighted by molar-refractivity contribution is 7.89. The van der Waals surface area contributed by atoms with E-state index >= 15 is 0 Å². The van der Waals surface area contributed by atoms with Crippen molar-refractivity contribution in [1.29, 1.82) is 5.26 Å². The molecule has 0 saturated heterocycles. The van der Waals surface area contributed by atoms with E-state index in [0.29, 0.717) is 0 Å². The number of hydrogen-bond donors (Lipinski definition) is 1. The van der Waals surface area contributed by atoms with Crippen LogP contribution in [0.3, 0.4) is 0 Å². The lowest BCUT2D eigenvalue weighted by atomic mass is 10.2. The number of hydrogen-bond acceptors (Lipinski definition) is 4. The van der Waals surface area contributed by atoms with Crippen molar-refractivity contribution in [2.75, 3.05) is 18.6 Å². The zero-order valence-corrected chi connectivity index (χ0v) is 10.8. The van der Waals surface area contributed by atoms with Crippen LogP contribution in [-0.4, -0.2) is 31.2 Å². The first kappa shape index (κ1) is 13.8. The summed E-state index contributed by atoms with van der Waals surface area (Å²) in [5, 5.41) is 8.80.